The van der Waals surface area contributed by atoms with E-state index in [1.165, 1.54) is 0 Å². The van der Waals surface area contributed by atoms with E-state index in [9.17, 15) is 39.3 Å². The van der Waals surface area contributed by atoms with Crippen LogP contribution in [0.2, 0.25) is 0 Å². The Kier molecular flexibility index (Phi) is 17.4. The minimum absolute atomic E-state index is 0.0577. The van der Waals surface area contributed by atoms with Crippen LogP contribution in [0.3, 0.4) is 0 Å². The lowest BCUT2D eigenvalue weighted by molar-refractivity contribution is -0.191. The zero-order valence-electron chi connectivity index (χ0n) is 19.5. The van der Waals surface area contributed by atoms with Gasteiger partial charge in [0.05, 0.1) is 19.4 Å². The van der Waals surface area contributed by atoms with Gasteiger partial charge in [-0.05, 0) is 19.3 Å². The number of hydrogen-bond donors (Lipinski definition) is 11. The molecule has 1 saturated carbocycles. The number of carbonyl (C=O) groups excluding carboxylic acids is 1. The van der Waals surface area contributed by atoms with Crippen molar-refractivity contribution in [2.75, 3.05) is 6.61 Å². The Morgan fingerprint density at radius 1 is 0.806 bits per heavy atom. The summed E-state index contributed by atoms with van der Waals surface area (Å²) < 4.78 is 0. The maximum absolute atomic E-state index is 10.9. The summed E-state index contributed by atoms with van der Waals surface area (Å²) in [6, 6.07) is -1.10. The van der Waals surface area contributed by atoms with E-state index in [-0.39, 0.29) is 51.4 Å². The van der Waals surface area contributed by atoms with Crippen LogP contribution >= 0.6 is 0 Å². The van der Waals surface area contributed by atoms with Crippen LogP contribution in [-0.4, -0.2) is 118 Å². The Labute approximate surface area is 205 Å². The average Bonchev–Trinajstić information content (AvgIpc) is 2.78. The summed E-state index contributed by atoms with van der Waals surface area (Å²) in [4.78, 5) is 51.0. The third-order valence-electron chi connectivity index (χ3n) is 4.94. The molecule has 6 atom stereocenters. The minimum atomic E-state index is -1.96. The van der Waals surface area contributed by atoms with Crippen LogP contribution in [0.4, 0.5) is 0 Å². The molecule has 16 heteroatoms. The van der Waals surface area contributed by atoms with Gasteiger partial charge < -0.3 is 57.4 Å². The van der Waals surface area contributed by atoms with E-state index in [0.29, 0.717) is 0 Å². The van der Waals surface area contributed by atoms with Crippen LogP contribution in [-0.2, 0) is 24.0 Å². The molecule has 0 aromatic rings. The smallest absolute Gasteiger partial charge is 0.304 e. The van der Waals surface area contributed by atoms with Crippen molar-refractivity contribution in [3.8, 4) is 0 Å². The first-order valence-corrected chi connectivity index (χ1v) is 10.8. The number of carbonyl (C=O) groups is 5. The van der Waals surface area contributed by atoms with E-state index in [1.54, 1.807) is 0 Å². The fourth-order valence-corrected chi connectivity index (χ4v) is 2.67. The highest BCUT2D eigenvalue weighted by atomic mass is 16.4. The number of aliphatic hydroxyl groups is 5. The fraction of sp³-hybridized carbons (Fsp3) is 0.750. The lowest BCUT2D eigenvalue weighted by Crippen LogP contribution is -2.62. The van der Waals surface area contributed by atoms with Gasteiger partial charge in [0.15, 0.2) is 11.4 Å². The highest BCUT2D eigenvalue weighted by molar-refractivity contribution is 5.93. The van der Waals surface area contributed by atoms with Crippen molar-refractivity contribution in [1.82, 2.24) is 0 Å². The number of ketones is 1. The Morgan fingerprint density at radius 3 is 1.42 bits per heavy atom. The van der Waals surface area contributed by atoms with Crippen LogP contribution in [0, 0.1) is 0 Å². The largest absolute Gasteiger partial charge is 0.481 e. The Bertz CT molecular complexity index is 697. The van der Waals surface area contributed by atoms with Crippen molar-refractivity contribution in [2.45, 2.75) is 87.4 Å². The molecule has 0 amide bonds. The number of carboxylic acids is 4. The molecule has 0 bridgehead atoms. The molecule has 0 aromatic heterocycles. The van der Waals surface area contributed by atoms with E-state index in [0.717, 1.165) is 0 Å². The van der Waals surface area contributed by atoms with Crippen LogP contribution in [0.1, 0.15) is 51.4 Å². The quantitative estimate of drug-likeness (QED) is 0.104. The second-order valence-corrected chi connectivity index (χ2v) is 8.11. The molecule has 0 heterocycles. The predicted octanol–water partition coefficient (Wildman–Crippen LogP) is -3.54. The number of aliphatic carboxylic acids is 4. The topological polar surface area (TPSA) is 319 Å². The molecule has 1 aliphatic rings. The van der Waals surface area contributed by atoms with Crippen molar-refractivity contribution in [3.05, 3.63) is 0 Å². The third kappa shape index (κ3) is 15.3. The monoisotopic (exact) mass is 528 g/mol. The molecule has 1 fully saturated rings. The van der Waals surface area contributed by atoms with Crippen molar-refractivity contribution in [2.24, 2.45) is 11.5 Å². The number of carboxylic acid groups (broad SMARTS) is 4. The van der Waals surface area contributed by atoms with E-state index < -0.39 is 72.3 Å². The summed E-state index contributed by atoms with van der Waals surface area (Å²) in [5, 5.41) is 78.4. The summed E-state index contributed by atoms with van der Waals surface area (Å²) in [6.45, 7) is -0.748. The highest BCUT2D eigenvalue weighted by Gasteiger charge is 2.53. The zero-order valence-corrected chi connectivity index (χ0v) is 19.5. The molecule has 210 valence electrons. The van der Waals surface area contributed by atoms with E-state index in [1.807, 2.05) is 0 Å². The van der Waals surface area contributed by atoms with Crippen LogP contribution in [0.25, 0.3) is 0 Å². The summed E-state index contributed by atoms with van der Waals surface area (Å²) in [6.07, 6.45) is -4.92. The molecular weight excluding hydrogens is 492 g/mol. The van der Waals surface area contributed by atoms with Gasteiger partial charge in [0.1, 0.15) is 18.3 Å². The van der Waals surface area contributed by atoms with Gasteiger partial charge in [-0.25, -0.2) is 0 Å². The molecule has 16 nitrogen and oxygen atoms in total. The number of nitrogens with two attached hydrogens (primary N) is 2. The normalized spacial score (nSPS) is 20.6. The van der Waals surface area contributed by atoms with Gasteiger partial charge in [-0.15, -0.1) is 0 Å². The predicted molar refractivity (Wildman–Crippen MR) is 118 cm³/mol. The molecule has 2 unspecified atom stereocenters. The maximum atomic E-state index is 10.9. The maximum Gasteiger partial charge on any atom is 0.304 e. The van der Waals surface area contributed by atoms with Crippen LogP contribution < -0.4 is 11.5 Å². The summed E-state index contributed by atoms with van der Waals surface area (Å²) in [7, 11) is 0. The molecular formula is C20H36N2O14. The van der Waals surface area contributed by atoms with Gasteiger partial charge >= 0.3 is 23.9 Å². The number of aliphatic hydroxyl groups excluding tert-OH is 4. The molecule has 36 heavy (non-hydrogen) atoms. The second-order valence-electron chi connectivity index (χ2n) is 8.11. The lowest BCUT2D eigenvalue weighted by Gasteiger charge is -2.41. The van der Waals surface area contributed by atoms with Crippen molar-refractivity contribution < 1.29 is 69.9 Å². The molecule has 1 rings (SSSR count). The molecule has 0 aliphatic heterocycles. The lowest BCUT2D eigenvalue weighted by atomic mass is 9.72. The van der Waals surface area contributed by atoms with Gasteiger partial charge in [-0.3, -0.25) is 24.0 Å². The molecule has 13 N–H and O–H groups in total. The van der Waals surface area contributed by atoms with Crippen molar-refractivity contribution in [3.63, 3.8) is 0 Å². The van der Waals surface area contributed by atoms with E-state index in [2.05, 4.69) is 0 Å². The number of rotatable bonds is 14. The summed E-state index contributed by atoms with van der Waals surface area (Å²) >= 11 is 0. The number of Topliss-reactive ketones (excluding diaryl/α,β-unsaturated/α-hetero) is 1. The summed E-state index contributed by atoms with van der Waals surface area (Å²) in [5.74, 6) is -4.46. The van der Waals surface area contributed by atoms with E-state index >= 15 is 0 Å². The number of hydrogen-bond acceptors (Lipinski definition) is 12. The Balaban J connectivity index is 0. The molecule has 0 saturated heterocycles. The third-order valence-corrected chi connectivity index (χ3v) is 4.94. The van der Waals surface area contributed by atoms with Gasteiger partial charge in [0, 0.05) is 31.3 Å². The summed E-state index contributed by atoms with van der Waals surface area (Å²) in [5.41, 5.74) is 8.59. The van der Waals surface area contributed by atoms with Crippen molar-refractivity contribution in [1.29, 1.82) is 0 Å². The van der Waals surface area contributed by atoms with E-state index in [4.69, 9.17) is 42.1 Å². The first-order valence-electron chi connectivity index (χ1n) is 10.8. The van der Waals surface area contributed by atoms with Crippen LogP contribution in [0.15, 0.2) is 0 Å². The first kappa shape index (κ1) is 35.4. The average molecular weight is 529 g/mol. The van der Waals surface area contributed by atoms with Gasteiger partial charge in [0.2, 0.25) is 0 Å². The molecule has 1 aliphatic carbocycles. The minimum Gasteiger partial charge on any atom is -0.481 e. The van der Waals surface area contributed by atoms with Crippen molar-refractivity contribution >= 4 is 29.7 Å². The highest BCUT2D eigenvalue weighted by Crippen LogP contribution is 2.33. The SMILES string of the molecule is NC(CCC(=O)O)CC(=O)O.NC(CCC(=O)O)CC(=O)O.O=C1CC[C@@]1(O)[C@@H](O)[C@H](O)[C@H](O)CO. The van der Waals surface area contributed by atoms with Gasteiger partial charge in [-0.1, -0.05) is 0 Å². The Morgan fingerprint density at radius 2 is 1.19 bits per heavy atom. The van der Waals surface area contributed by atoms with Crippen LogP contribution in [0.5, 0.6) is 0 Å². The molecule has 0 aromatic carbocycles. The first-order chi connectivity index (χ1) is 16.5. The molecule has 0 spiro atoms. The second kappa shape index (κ2) is 17.7. The Hall–Kier alpha value is -2.73. The zero-order chi connectivity index (χ0) is 28.6. The van der Waals surface area contributed by atoms with Gasteiger partial charge in [-0.2, -0.15) is 0 Å². The standard InChI is InChI=1S/C8H14O6.2C6H11NO4/c9-3-4(10)6(12)7(13)8(14)2-1-5(8)11;2*7-4(3-6(10)11)1-2-5(8)9/h4,6-7,9-10,12-14H,1-3H2;2*4H,1-3,7H2,(H,8,9)(H,10,11)/t4-,6-,7+,8+;;/m1../s1. The molecule has 0 radical (unpaired) electrons. The fourth-order valence-electron chi connectivity index (χ4n) is 2.67. The van der Waals surface area contributed by atoms with Gasteiger partial charge in [0.25, 0.3) is 0 Å².